The predicted octanol–water partition coefficient (Wildman–Crippen LogP) is -1.07. The number of hydrogen-bond donors (Lipinski definition) is 0. The van der Waals surface area contributed by atoms with Gasteiger partial charge in [-0.15, -0.1) is 0 Å². The van der Waals surface area contributed by atoms with Crippen molar-refractivity contribution >= 4 is 0 Å². The molecule has 0 unspecified atom stereocenters. The first-order valence-electron chi connectivity index (χ1n) is 0. The molecule has 0 aromatic heterocycles. The van der Waals surface area contributed by atoms with Crippen LogP contribution in [0, 0.1) is 124 Å². The Morgan fingerprint density at radius 1 is 0.154 bits per heavy atom. The molecule has 0 aliphatic heterocycles. The van der Waals surface area contributed by atoms with Crippen molar-refractivity contribution in [3.8, 4) is 0 Å². The second-order valence-electron chi connectivity index (χ2n) is 0. The van der Waals surface area contributed by atoms with Gasteiger partial charge in [-0.25, -0.2) is 0 Å². The topological polar surface area (TPSA) is 256 Å². The van der Waals surface area contributed by atoms with Crippen LogP contribution in [0.25, 0.3) is 0 Å². The average Bonchev–Trinajstić information content (AvgIpc) is 0. The van der Waals surface area contributed by atoms with Crippen molar-refractivity contribution in [1.82, 2.24) is 0 Å². The van der Waals surface area contributed by atoms with Crippen LogP contribution in [0.15, 0.2) is 0 Å². The monoisotopic (exact) mass is 1100 g/mol. The van der Waals surface area contributed by atoms with E-state index in [0.717, 1.165) is 0 Å². The molecule has 0 aromatic carbocycles. The predicted molar refractivity (Wildman–Crippen MR) is 6.18 cm³/mol. The van der Waals surface area contributed by atoms with Crippen LogP contribution in [0.1, 0.15) is 0 Å². The van der Waals surface area contributed by atoms with E-state index in [1.54, 1.807) is 0 Å². The van der Waals surface area contributed by atoms with E-state index < -0.39 is 0 Å². The molecule has 0 aromatic rings. The van der Waals surface area contributed by atoms with E-state index >= 15 is 0 Å². The van der Waals surface area contributed by atoms with Crippen molar-refractivity contribution in [2.45, 2.75) is 0 Å². The molecule has 0 amide bonds. The van der Waals surface area contributed by atoms with E-state index in [-0.39, 0.29) is 174 Å². The van der Waals surface area contributed by atoms with Crippen LogP contribution >= 0.6 is 0 Å². The third kappa shape index (κ3) is 205. The van der Waals surface area contributed by atoms with Crippen LogP contribution in [0.5, 0.6) is 0 Å². The van der Waals surface area contributed by atoms with Crippen LogP contribution in [-0.2, 0) is 49.3 Å². The molecule has 0 spiro atoms. The Bertz CT molecular complexity index is 11.6. The third-order valence-electron chi connectivity index (χ3n) is 0. The summed E-state index contributed by atoms with van der Waals surface area (Å²) in [6, 6.07) is 0. The molecule has 0 saturated heterocycles. The maximum Gasteiger partial charge on any atom is 0 e. The molecule has 13 heavy (non-hydrogen) atoms. The minimum Gasteiger partial charge on any atom is -2.00 e. The molecular weight excluding hydrogens is 1100 g/mol. The summed E-state index contributed by atoms with van der Waals surface area (Å²) in [5, 5.41) is 0. The van der Waals surface area contributed by atoms with Gasteiger partial charge in [-0.2, -0.15) is 0 Å². The van der Waals surface area contributed by atoms with Crippen LogP contribution in [0.4, 0.5) is 0 Å². The summed E-state index contributed by atoms with van der Waals surface area (Å²) in [5.41, 5.74) is 0. The van der Waals surface area contributed by atoms with Gasteiger partial charge >= 0.3 is 0 Å². The molecule has 0 rings (SSSR count). The van der Waals surface area contributed by atoms with Gasteiger partial charge in [0.25, 0.3) is 0 Å². The van der Waals surface area contributed by atoms with E-state index in [9.17, 15) is 0 Å². The molecule has 0 aliphatic carbocycles. The molecule has 0 fully saturated rings. The van der Waals surface area contributed by atoms with E-state index in [1.165, 1.54) is 0 Å². The van der Waals surface area contributed by atoms with Crippen molar-refractivity contribution in [2.24, 2.45) is 0 Å². The first-order valence-corrected chi connectivity index (χ1v) is 0. The van der Waals surface area contributed by atoms with E-state index in [0.29, 0.717) is 0 Å². The molecule has 0 saturated carbocycles. The Morgan fingerprint density at radius 2 is 0.154 bits per heavy atom. The Kier molecular flexibility index (Phi) is 5190. The zero-order valence-electron chi connectivity index (χ0n) is 5.67. The Labute approximate surface area is 170 Å². The molecular formula is O9U4-18. The van der Waals surface area contributed by atoms with E-state index in [2.05, 4.69) is 0 Å². The van der Waals surface area contributed by atoms with Crippen LogP contribution in [0.2, 0.25) is 0 Å². The molecule has 0 atom stereocenters. The standard InChI is InChI=1S/9O.4U/q9*-2;;;;. The van der Waals surface area contributed by atoms with Crippen molar-refractivity contribution in [1.29, 1.82) is 0 Å². The van der Waals surface area contributed by atoms with Gasteiger partial charge < -0.3 is 49.3 Å². The quantitative estimate of drug-likeness (QED) is 0.281. The fourth-order valence-electron chi connectivity index (χ4n) is 0. The third-order valence-corrected chi connectivity index (χ3v) is 0. The Balaban J connectivity index is 0. The smallest absolute Gasteiger partial charge is 0 e. The van der Waals surface area contributed by atoms with Gasteiger partial charge in [0.1, 0.15) is 0 Å². The number of hydrogen-bond acceptors (Lipinski definition) is 0. The zero-order chi connectivity index (χ0) is 0. The van der Waals surface area contributed by atoms with Crippen LogP contribution in [-0.4, -0.2) is 0 Å². The summed E-state index contributed by atoms with van der Waals surface area (Å²) in [7, 11) is 0. The molecule has 9 nitrogen and oxygen atoms in total. The van der Waals surface area contributed by atoms with E-state index in [4.69, 9.17) is 0 Å². The SMILES string of the molecule is [O-2].[O-2].[O-2].[O-2].[O-2].[O-2].[O-2].[O-2].[O-2].[U].[U].[U].[U]. The fourth-order valence-corrected chi connectivity index (χ4v) is 0. The maximum absolute atomic E-state index is 0. The van der Waals surface area contributed by atoms with Crippen molar-refractivity contribution in [3.05, 3.63) is 0 Å². The normalized spacial score (nSPS) is 0. The van der Waals surface area contributed by atoms with Gasteiger partial charge in [0, 0.05) is 124 Å². The summed E-state index contributed by atoms with van der Waals surface area (Å²) in [6.07, 6.45) is 0. The maximum atomic E-state index is 0. The van der Waals surface area contributed by atoms with E-state index in [1.807, 2.05) is 0 Å². The summed E-state index contributed by atoms with van der Waals surface area (Å²) in [6.45, 7) is 0. The minimum atomic E-state index is 0. The summed E-state index contributed by atoms with van der Waals surface area (Å²) in [5.74, 6) is 0. The first kappa shape index (κ1) is 286. The second kappa shape index (κ2) is 236. The van der Waals surface area contributed by atoms with Crippen LogP contribution in [0.3, 0.4) is 0 Å². The van der Waals surface area contributed by atoms with Crippen molar-refractivity contribution in [2.75, 3.05) is 0 Å². The summed E-state index contributed by atoms with van der Waals surface area (Å²) < 4.78 is 0. The first-order chi connectivity index (χ1) is 0. The molecule has 13 heteroatoms. The second-order valence-corrected chi connectivity index (χ2v) is 0. The largest absolute Gasteiger partial charge is 2.00 e. The van der Waals surface area contributed by atoms with Gasteiger partial charge in [-0.05, 0) is 0 Å². The molecule has 0 bridgehead atoms. The Hall–Kier alpha value is 3.85. The molecule has 0 aliphatic rings. The van der Waals surface area contributed by atoms with Gasteiger partial charge in [0.2, 0.25) is 0 Å². The Morgan fingerprint density at radius 3 is 0.154 bits per heavy atom. The summed E-state index contributed by atoms with van der Waals surface area (Å²) >= 11 is 0. The van der Waals surface area contributed by atoms with Gasteiger partial charge in [-0.3, -0.25) is 0 Å². The molecule has 0 radical (unpaired) electrons. The van der Waals surface area contributed by atoms with Gasteiger partial charge in [0.05, 0.1) is 0 Å². The number of rotatable bonds is 0. The fraction of sp³-hybridized carbons (Fsp3) is 0. The van der Waals surface area contributed by atoms with Crippen LogP contribution < -0.4 is 0 Å². The minimum absolute atomic E-state index is 0. The van der Waals surface area contributed by atoms with Gasteiger partial charge in [0.15, 0.2) is 0 Å². The van der Waals surface area contributed by atoms with Crippen molar-refractivity contribution < 1.29 is 174 Å². The molecule has 88 valence electrons. The zero-order valence-corrected chi connectivity index (χ0v) is 22.3. The van der Waals surface area contributed by atoms with Crippen molar-refractivity contribution in [3.63, 3.8) is 0 Å². The summed E-state index contributed by atoms with van der Waals surface area (Å²) in [4.78, 5) is 0. The average molecular weight is 1100 g/mol. The molecule has 0 N–H and O–H groups in total. The molecule has 0 heterocycles. The van der Waals surface area contributed by atoms with Gasteiger partial charge in [-0.1, -0.05) is 0 Å².